The number of halogens is 1. The predicted octanol–water partition coefficient (Wildman–Crippen LogP) is 2.50. The number of pyridine rings is 1. The molecule has 0 saturated carbocycles. The first-order valence-electron chi connectivity index (χ1n) is 5.30. The maximum absolute atomic E-state index is 4.89. The molecule has 0 bridgehead atoms. The minimum atomic E-state index is 0.592. The van der Waals surface area contributed by atoms with Crippen LogP contribution in [0.25, 0.3) is 0 Å². The standard InChI is InChI=1S/C11H13BrN4O/c1-7-5-9(12)11(14-6-7)13-4-3-10-15-8(2)17-16-10/h5-6H,3-4H2,1-2H3,(H,13,14). The van der Waals surface area contributed by atoms with Crippen molar-refractivity contribution in [2.24, 2.45) is 0 Å². The molecular weight excluding hydrogens is 284 g/mol. The van der Waals surface area contributed by atoms with Crippen molar-refractivity contribution in [1.82, 2.24) is 15.1 Å². The second-order valence-electron chi connectivity index (χ2n) is 3.75. The first-order chi connectivity index (χ1) is 8.15. The lowest BCUT2D eigenvalue weighted by Gasteiger charge is -2.06. The molecule has 0 aliphatic heterocycles. The third kappa shape index (κ3) is 3.26. The SMILES string of the molecule is Cc1cnc(NCCc2noc(C)n2)c(Br)c1. The van der Waals surface area contributed by atoms with Crippen LogP contribution in [-0.4, -0.2) is 21.7 Å². The van der Waals surface area contributed by atoms with E-state index in [0.29, 0.717) is 24.7 Å². The Bertz CT molecular complexity index is 512. The van der Waals surface area contributed by atoms with Crippen molar-refractivity contribution in [3.8, 4) is 0 Å². The summed E-state index contributed by atoms with van der Waals surface area (Å²) in [5, 5.41) is 7.04. The summed E-state index contributed by atoms with van der Waals surface area (Å²) in [6.45, 7) is 4.50. The number of nitrogens with zero attached hydrogens (tertiary/aromatic N) is 3. The van der Waals surface area contributed by atoms with Gasteiger partial charge in [0, 0.05) is 26.1 Å². The van der Waals surface area contributed by atoms with Crippen molar-refractivity contribution in [2.75, 3.05) is 11.9 Å². The Hall–Kier alpha value is -1.43. The van der Waals surface area contributed by atoms with Gasteiger partial charge >= 0.3 is 0 Å². The first-order valence-corrected chi connectivity index (χ1v) is 6.09. The maximum Gasteiger partial charge on any atom is 0.223 e. The highest BCUT2D eigenvalue weighted by Gasteiger charge is 2.04. The summed E-state index contributed by atoms with van der Waals surface area (Å²) < 4.78 is 5.85. The number of rotatable bonds is 4. The normalized spacial score (nSPS) is 10.5. The number of hydrogen-bond acceptors (Lipinski definition) is 5. The fourth-order valence-corrected chi connectivity index (χ4v) is 2.00. The lowest BCUT2D eigenvalue weighted by atomic mass is 10.3. The van der Waals surface area contributed by atoms with Gasteiger partial charge < -0.3 is 9.84 Å². The minimum absolute atomic E-state index is 0.592. The van der Waals surface area contributed by atoms with Crippen molar-refractivity contribution in [3.63, 3.8) is 0 Å². The Labute approximate surface area is 108 Å². The van der Waals surface area contributed by atoms with Gasteiger partial charge in [-0.2, -0.15) is 4.98 Å². The summed E-state index contributed by atoms with van der Waals surface area (Å²) in [7, 11) is 0. The van der Waals surface area contributed by atoms with Gasteiger partial charge in [0.2, 0.25) is 5.89 Å². The summed E-state index contributed by atoms with van der Waals surface area (Å²) in [5.74, 6) is 2.13. The third-order valence-corrected chi connectivity index (χ3v) is 2.79. The summed E-state index contributed by atoms with van der Waals surface area (Å²) in [6, 6.07) is 2.02. The lowest BCUT2D eigenvalue weighted by Crippen LogP contribution is -2.07. The van der Waals surface area contributed by atoms with Crippen molar-refractivity contribution < 1.29 is 4.52 Å². The Kier molecular flexibility index (Phi) is 3.73. The second kappa shape index (κ2) is 5.27. The molecule has 0 saturated heterocycles. The maximum atomic E-state index is 4.89. The van der Waals surface area contributed by atoms with Crippen LogP contribution in [0.2, 0.25) is 0 Å². The first kappa shape index (κ1) is 12.0. The number of anilines is 1. The van der Waals surface area contributed by atoms with Gasteiger partial charge in [0.05, 0.1) is 4.47 Å². The molecule has 2 rings (SSSR count). The van der Waals surface area contributed by atoms with Crippen LogP contribution in [0.4, 0.5) is 5.82 Å². The molecule has 0 spiro atoms. The number of aryl methyl sites for hydroxylation is 2. The molecule has 0 radical (unpaired) electrons. The second-order valence-corrected chi connectivity index (χ2v) is 4.60. The molecule has 2 aromatic heterocycles. The average molecular weight is 297 g/mol. The highest BCUT2D eigenvalue weighted by Crippen LogP contribution is 2.20. The molecule has 0 unspecified atom stereocenters. The van der Waals surface area contributed by atoms with E-state index in [1.54, 1.807) is 6.92 Å². The molecule has 5 nitrogen and oxygen atoms in total. The highest BCUT2D eigenvalue weighted by molar-refractivity contribution is 9.10. The number of aromatic nitrogens is 3. The van der Waals surface area contributed by atoms with Gasteiger partial charge in [-0.25, -0.2) is 4.98 Å². The molecule has 2 heterocycles. The zero-order valence-electron chi connectivity index (χ0n) is 9.70. The molecule has 1 N–H and O–H groups in total. The van der Waals surface area contributed by atoms with Crippen LogP contribution >= 0.6 is 15.9 Å². The summed E-state index contributed by atoms with van der Waals surface area (Å²) in [4.78, 5) is 8.42. The topological polar surface area (TPSA) is 63.8 Å². The number of nitrogens with one attached hydrogen (secondary N) is 1. The molecule has 0 aromatic carbocycles. The lowest BCUT2D eigenvalue weighted by molar-refractivity contribution is 0.387. The van der Waals surface area contributed by atoms with Gasteiger partial charge in [-0.3, -0.25) is 0 Å². The summed E-state index contributed by atoms with van der Waals surface area (Å²) in [6.07, 6.45) is 2.53. The van der Waals surface area contributed by atoms with E-state index in [-0.39, 0.29) is 0 Å². The largest absolute Gasteiger partial charge is 0.369 e. The van der Waals surface area contributed by atoms with Gasteiger partial charge in [-0.05, 0) is 34.5 Å². The molecular formula is C11H13BrN4O. The third-order valence-electron chi connectivity index (χ3n) is 2.19. The van der Waals surface area contributed by atoms with Crippen molar-refractivity contribution in [2.45, 2.75) is 20.3 Å². The van der Waals surface area contributed by atoms with E-state index in [1.807, 2.05) is 19.2 Å². The zero-order valence-corrected chi connectivity index (χ0v) is 11.3. The van der Waals surface area contributed by atoms with Gasteiger partial charge in [0.25, 0.3) is 0 Å². The van der Waals surface area contributed by atoms with E-state index in [0.717, 1.165) is 15.9 Å². The predicted molar refractivity (Wildman–Crippen MR) is 67.9 cm³/mol. The zero-order chi connectivity index (χ0) is 12.3. The van der Waals surface area contributed by atoms with E-state index in [2.05, 4.69) is 36.4 Å². The molecule has 0 aliphatic carbocycles. The summed E-state index contributed by atoms with van der Waals surface area (Å²) in [5.41, 5.74) is 1.12. The fraction of sp³-hybridized carbons (Fsp3) is 0.364. The van der Waals surface area contributed by atoms with Gasteiger partial charge in [0.1, 0.15) is 5.82 Å². The fourth-order valence-electron chi connectivity index (χ4n) is 1.40. The van der Waals surface area contributed by atoms with E-state index < -0.39 is 0 Å². The molecule has 0 aliphatic rings. The average Bonchev–Trinajstić information content (AvgIpc) is 2.68. The quantitative estimate of drug-likeness (QED) is 0.939. The smallest absolute Gasteiger partial charge is 0.223 e. The van der Waals surface area contributed by atoms with Crippen molar-refractivity contribution in [1.29, 1.82) is 0 Å². The molecule has 0 fully saturated rings. The molecule has 0 amide bonds. The Morgan fingerprint density at radius 1 is 1.41 bits per heavy atom. The van der Waals surface area contributed by atoms with Crippen LogP contribution in [0.15, 0.2) is 21.3 Å². The highest BCUT2D eigenvalue weighted by atomic mass is 79.9. The van der Waals surface area contributed by atoms with Crippen LogP contribution in [0.1, 0.15) is 17.3 Å². The molecule has 90 valence electrons. The Balaban J connectivity index is 1.90. The van der Waals surface area contributed by atoms with E-state index in [4.69, 9.17) is 4.52 Å². The van der Waals surface area contributed by atoms with Crippen molar-refractivity contribution >= 4 is 21.7 Å². The van der Waals surface area contributed by atoms with Crippen molar-refractivity contribution in [3.05, 3.63) is 34.0 Å². The molecule has 17 heavy (non-hydrogen) atoms. The van der Waals surface area contributed by atoms with Crippen LogP contribution in [0, 0.1) is 13.8 Å². The van der Waals surface area contributed by atoms with Gasteiger partial charge in [-0.15, -0.1) is 0 Å². The molecule has 2 aromatic rings. The minimum Gasteiger partial charge on any atom is -0.369 e. The van der Waals surface area contributed by atoms with E-state index in [9.17, 15) is 0 Å². The van der Waals surface area contributed by atoms with Gasteiger partial charge in [-0.1, -0.05) is 5.16 Å². The Morgan fingerprint density at radius 2 is 2.24 bits per heavy atom. The van der Waals surface area contributed by atoms with Gasteiger partial charge in [0.15, 0.2) is 5.82 Å². The van der Waals surface area contributed by atoms with Crippen LogP contribution in [0.3, 0.4) is 0 Å². The van der Waals surface area contributed by atoms with E-state index >= 15 is 0 Å². The monoisotopic (exact) mass is 296 g/mol. The van der Waals surface area contributed by atoms with Crippen LogP contribution < -0.4 is 5.32 Å². The molecule has 6 heteroatoms. The van der Waals surface area contributed by atoms with Crippen LogP contribution in [0.5, 0.6) is 0 Å². The Morgan fingerprint density at radius 3 is 2.88 bits per heavy atom. The molecule has 0 atom stereocenters. The van der Waals surface area contributed by atoms with E-state index in [1.165, 1.54) is 0 Å². The van der Waals surface area contributed by atoms with Crippen LogP contribution in [-0.2, 0) is 6.42 Å². The number of hydrogen-bond donors (Lipinski definition) is 1. The summed E-state index contributed by atoms with van der Waals surface area (Å²) >= 11 is 3.46.